The molecule has 3 aliphatic rings. The number of non-ortho nitro benzene ring substituents is 1. The summed E-state index contributed by atoms with van der Waals surface area (Å²) in [5.41, 5.74) is 2.61. The maximum Gasteiger partial charge on any atom is 0.269 e. The summed E-state index contributed by atoms with van der Waals surface area (Å²) in [7, 11) is 0. The lowest BCUT2D eigenvalue weighted by Crippen LogP contribution is -2.50. The van der Waals surface area contributed by atoms with Crippen LogP contribution in [-0.4, -0.2) is 40.5 Å². The fourth-order valence-electron chi connectivity index (χ4n) is 5.80. The standard InChI is InChI=1S/C29H22N4O6/c1-16(34)17-6-11-20(12-7-17)31-28(36)24-23-15-8-18-4-2-3-5-22(18)32(23)26(25(24)29(31)37)27(35)30-19-9-13-21(14-10-19)33(38)39/h2-15,23-26H,1H3,(H,30,35)/t23-,24+,25-,26+/m1/s1. The number of rotatable bonds is 5. The van der Waals surface area contributed by atoms with Crippen molar-refractivity contribution in [3.8, 4) is 0 Å². The average Bonchev–Trinajstić information content (AvgIpc) is 3.41. The normalized spacial score (nSPS) is 22.8. The van der Waals surface area contributed by atoms with Crippen LogP contribution in [0.5, 0.6) is 0 Å². The summed E-state index contributed by atoms with van der Waals surface area (Å²) < 4.78 is 0. The Balaban J connectivity index is 1.39. The number of hydrogen-bond acceptors (Lipinski definition) is 7. The van der Waals surface area contributed by atoms with Crippen molar-refractivity contribution >= 4 is 52.3 Å². The Morgan fingerprint density at radius 2 is 1.56 bits per heavy atom. The zero-order valence-electron chi connectivity index (χ0n) is 20.7. The largest absolute Gasteiger partial charge is 0.351 e. The van der Waals surface area contributed by atoms with Gasteiger partial charge in [0.25, 0.3) is 5.69 Å². The number of hydrogen-bond donors (Lipinski definition) is 1. The van der Waals surface area contributed by atoms with Crippen LogP contribution in [0, 0.1) is 22.0 Å². The van der Waals surface area contributed by atoms with Crippen molar-refractivity contribution in [2.45, 2.75) is 19.0 Å². The van der Waals surface area contributed by atoms with Crippen molar-refractivity contribution in [1.82, 2.24) is 0 Å². The number of carbonyl (C=O) groups is 4. The van der Waals surface area contributed by atoms with Crippen LogP contribution in [-0.2, 0) is 14.4 Å². The van der Waals surface area contributed by atoms with E-state index in [4.69, 9.17) is 0 Å². The van der Waals surface area contributed by atoms with Gasteiger partial charge in [-0.25, -0.2) is 4.90 Å². The first kappa shape index (κ1) is 24.2. The molecule has 4 atom stereocenters. The molecular weight excluding hydrogens is 500 g/mol. The Hall–Kier alpha value is -5.12. The number of anilines is 3. The van der Waals surface area contributed by atoms with Crippen molar-refractivity contribution in [2.24, 2.45) is 11.8 Å². The summed E-state index contributed by atoms with van der Waals surface area (Å²) in [6, 6.07) is 17.6. The minimum Gasteiger partial charge on any atom is -0.351 e. The van der Waals surface area contributed by atoms with Crippen LogP contribution in [0.2, 0.25) is 0 Å². The predicted octanol–water partition coefficient (Wildman–Crippen LogP) is 3.83. The van der Waals surface area contributed by atoms with Crippen LogP contribution < -0.4 is 15.1 Å². The van der Waals surface area contributed by atoms with Crippen LogP contribution >= 0.6 is 0 Å². The Kier molecular flexibility index (Phi) is 5.60. The number of benzene rings is 3. The summed E-state index contributed by atoms with van der Waals surface area (Å²) in [6.45, 7) is 1.43. The van der Waals surface area contributed by atoms with E-state index in [-0.39, 0.29) is 11.5 Å². The molecule has 3 aromatic rings. The highest BCUT2D eigenvalue weighted by Gasteiger charge is 2.64. The molecule has 10 nitrogen and oxygen atoms in total. The third kappa shape index (κ3) is 3.80. The Morgan fingerprint density at radius 3 is 2.23 bits per heavy atom. The number of carbonyl (C=O) groups excluding carboxylic acids is 4. The maximum atomic E-state index is 13.9. The summed E-state index contributed by atoms with van der Waals surface area (Å²) >= 11 is 0. The second kappa shape index (κ2) is 9.02. The topological polar surface area (TPSA) is 130 Å². The van der Waals surface area contributed by atoms with Gasteiger partial charge in [0.15, 0.2) is 5.78 Å². The molecule has 3 aromatic carbocycles. The number of Topliss-reactive ketones (excluding diaryl/α,β-unsaturated/α-hetero) is 1. The summed E-state index contributed by atoms with van der Waals surface area (Å²) in [5, 5.41) is 13.8. The van der Waals surface area contributed by atoms with Crippen molar-refractivity contribution in [3.05, 3.63) is 100 Å². The van der Waals surface area contributed by atoms with Gasteiger partial charge in [-0.15, -0.1) is 0 Å². The van der Waals surface area contributed by atoms with Gasteiger partial charge in [0.1, 0.15) is 6.04 Å². The second-order valence-corrected chi connectivity index (χ2v) is 9.72. The lowest BCUT2D eigenvalue weighted by molar-refractivity contribution is -0.384. The highest BCUT2D eigenvalue weighted by molar-refractivity contribution is 6.25. The first-order valence-electron chi connectivity index (χ1n) is 12.4. The number of nitrogens with zero attached hydrogens (tertiary/aromatic N) is 3. The van der Waals surface area contributed by atoms with E-state index in [0.29, 0.717) is 16.9 Å². The molecule has 3 aliphatic heterocycles. The SMILES string of the molecule is CC(=O)c1ccc(N2C(=O)[C@@H]3[C@@H](C2=O)[C@@H](C(=O)Nc2ccc([N+](=O)[O-])cc2)N2c4ccccc4C=C[C@H]32)cc1. The lowest BCUT2D eigenvalue weighted by Gasteiger charge is -2.36. The first-order chi connectivity index (χ1) is 18.8. The highest BCUT2D eigenvalue weighted by atomic mass is 16.6. The lowest BCUT2D eigenvalue weighted by atomic mass is 9.88. The van der Waals surface area contributed by atoms with Crippen molar-refractivity contribution in [1.29, 1.82) is 0 Å². The van der Waals surface area contributed by atoms with Crippen molar-refractivity contribution in [3.63, 3.8) is 0 Å². The first-order valence-corrected chi connectivity index (χ1v) is 12.4. The molecule has 10 heteroatoms. The van der Waals surface area contributed by atoms with Gasteiger partial charge in [0, 0.05) is 29.1 Å². The molecule has 0 unspecified atom stereocenters. The number of amides is 3. The fraction of sp³-hybridized carbons (Fsp3) is 0.172. The monoisotopic (exact) mass is 522 g/mol. The fourth-order valence-corrected chi connectivity index (χ4v) is 5.80. The molecule has 0 bridgehead atoms. The van der Waals surface area contributed by atoms with E-state index in [1.54, 1.807) is 24.3 Å². The third-order valence-corrected chi connectivity index (χ3v) is 7.56. The number of nitro groups is 1. The molecule has 3 heterocycles. The number of para-hydroxylation sites is 1. The molecule has 3 amide bonds. The molecule has 39 heavy (non-hydrogen) atoms. The quantitative estimate of drug-likeness (QED) is 0.233. The molecule has 2 fully saturated rings. The molecule has 194 valence electrons. The van der Waals surface area contributed by atoms with Gasteiger partial charge in [-0.2, -0.15) is 0 Å². The molecule has 1 N–H and O–H groups in total. The van der Waals surface area contributed by atoms with E-state index in [2.05, 4.69) is 5.32 Å². The van der Waals surface area contributed by atoms with Gasteiger partial charge in [-0.05, 0) is 55.0 Å². The van der Waals surface area contributed by atoms with E-state index in [9.17, 15) is 29.3 Å². The molecule has 0 aromatic heterocycles. The van der Waals surface area contributed by atoms with Crippen LogP contribution in [0.15, 0.2) is 78.9 Å². The molecule has 0 saturated carbocycles. The molecule has 6 rings (SSSR count). The van der Waals surface area contributed by atoms with E-state index in [1.807, 2.05) is 41.3 Å². The van der Waals surface area contributed by atoms with Crippen LogP contribution in [0.3, 0.4) is 0 Å². The number of nitrogens with one attached hydrogen (secondary N) is 1. The summed E-state index contributed by atoms with van der Waals surface area (Å²) in [6.07, 6.45) is 3.75. The van der Waals surface area contributed by atoms with Crippen LogP contribution in [0.25, 0.3) is 6.08 Å². The van der Waals surface area contributed by atoms with Gasteiger partial charge in [-0.1, -0.05) is 30.4 Å². The summed E-state index contributed by atoms with van der Waals surface area (Å²) in [5.74, 6) is -3.32. The molecule has 0 aliphatic carbocycles. The van der Waals surface area contributed by atoms with Gasteiger partial charge in [0.05, 0.1) is 28.5 Å². The number of fused-ring (bicyclic) bond motifs is 5. The van der Waals surface area contributed by atoms with Crippen LogP contribution in [0.4, 0.5) is 22.7 Å². The minimum absolute atomic E-state index is 0.118. The Bertz CT molecular complexity index is 1580. The van der Waals surface area contributed by atoms with Gasteiger partial charge < -0.3 is 10.2 Å². The maximum absolute atomic E-state index is 13.9. The zero-order chi connectivity index (χ0) is 27.4. The second-order valence-electron chi connectivity index (χ2n) is 9.72. The predicted molar refractivity (Wildman–Crippen MR) is 143 cm³/mol. The Morgan fingerprint density at radius 1 is 0.897 bits per heavy atom. The average molecular weight is 523 g/mol. The molecule has 2 saturated heterocycles. The van der Waals surface area contributed by atoms with E-state index >= 15 is 0 Å². The van der Waals surface area contributed by atoms with Crippen molar-refractivity contribution in [2.75, 3.05) is 15.1 Å². The number of nitro benzene ring substituents is 1. The zero-order valence-corrected chi connectivity index (χ0v) is 20.7. The number of imide groups is 1. The molecule has 0 spiro atoms. The Labute approximate surface area is 222 Å². The summed E-state index contributed by atoms with van der Waals surface area (Å²) in [4.78, 5) is 66.6. The van der Waals surface area contributed by atoms with E-state index < -0.39 is 46.6 Å². The number of ketones is 1. The molecular formula is C29H22N4O6. The molecule has 0 radical (unpaired) electrons. The smallest absolute Gasteiger partial charge is 0.269 e. The van der Waals surface area contributed by atoms with E-state index in [0.717, 1.165) is 16.2 Å². The van der Waals surface area contributed by atoms with Gasteiger partial charge in [-0.3, -0.25) is 29.3 Å². The highest BCUT2D eigenvalue weighted by Crippen LogP contribution is 2.49. The third-order valence-electron chi connectivity index (χ3n) is 7.56. The minimum atomic E-state index is -1.01. The van der Waals surface area contributed by atoms with Gasteiger partial charge in [0.2, 0.25) is 17.7 Å². The van der Waals surface area contributed by atoms with Crippen LogP contribution in [0.1, 0.15) is 22.8 Å². The van der Waals surface area contributed by atoms with Gasteiger partial charge >= 0.3 is 0 Å². The van der Waals surface area contributed by atoms with E-state index in [1.165, 1.54) is 31.2 Å². The van der Waals surface area contributed by atoms with Crippen molar-refractivity contribution < 1.29 is 24.1 Å².